The highest BCUT2D eigenvalue weighted by atomic mass is 31.3. The number of phosphoric acid groups is 2. The molecule has 7 nitrogen and oxygen atoms in total. The molecule has 0 aromatic rings. The monoisotopic (exact) mass is 204 g/mol. The fourth-order valence-corrected chi connectivity index (χ4v) is 1.25. The highest BCUT2D eigenvalue weighted by molar-refractivity contribution is 7.60. The maximum atomic E-state index is 9.63. The second-order valence-corrected chi connectivity index (χ2v) is 3.68. The van der Waals surface area contributed by atoms with E-state index in [1.165, 1.54) is 0 Å². The van der Waals surface area contributed by atoms with Crippen LogP contribution in [0.15, 0.2) is 0 Å². The van der Waals surface area contributed by atoms with Crippen LogP contribution in [0.5, 0.6) is 0 Å². The van der Waals surface area contributed by atoms with Gasteiger partial charge in [-0.1, -0.05) is 0 Å². The Morgan fingerprint density at radius 2 is 1.09 bits per heavy atom. The van der Waals surface area contributed by atoms with Crippen LogP contribution < -0.4 is 0 Å². The number of hydrogen-bond acceptors (Lipinski definition) is 3. The lowest BCUT2D eigenvalue weighted by Gasteiger charge is -2.03. The summed E-state index contributed by atoms with van der Waals surface area (Å²) in [6.45, 7) is 0. The summed E-state index contributed by atoms with van der Waals surface area (Å²) in [5, 5.41) is 0. The molecule has 0 aromatic heterocycles. The molecule has 0 unspecified atom stereocenters. The van der Waals surface area contributed by atoms with Crippen LogP contribution in [0.4, 0.5) is 0 Å². The molecular weight excluding hydrogens is 198 g/mol. The van der Waals surface area contributed by atoms with Gasteiger partial charge in [-0.15, -0.1) is 12.8 Å². The maximum absolute atomic E-state index is 9.63. The summed E-state index contributed by atoms with van der Waals surface area (Å²) in [7, 11) is -10.1. The van der Waals surface area contributed by atoms with E-state index in [1.54, 1.807) is 0 Å². The van der Waals surface area contributed by atoms with Crippen molar-refractivity contribution < 1.29 is 33.0 Å². The molecule has 0 aromatic carbocycles. The van der Waals surface area contributed by atoms with Crippen LogP contribution in [0.3, 0.4) is 0 Å². The third kappa shape index (κ3) is 17.7. The topological polar surface area (TPSA) is 124 Å². The van der Waals surface area contributed by atoms with E-state index in [9.17, 15) is 9.13 Å². The fourth-order valence-electron chi connectivity index (χ4n) is 0.139. The van der Waals surface area contributed by atoms with Gasteiger partial charge in [0.25, 0.3) is 0 Å². The number of terminal acetylenes is 1. The van der Waals surface area contributed by atoms with Crippen molar-refractivity contribution in [2.45, 2.75) is 0 Å². The SMILES string of the molecule is C#C.O=P(O)(O)OP(=O)(O)O. The first-order valence-electron chi connectivity index (χ1n) is 1.86. The highest BCUT2D eigenvalue weighted by Gasteiger charge is 2.27. The molecule has 0 radical (unpaired) electrons. The second-order valence-electron chi connectivity index (χ2n) is 1.06. The quantitative estimate of drug-likeness (QED) is 0.350. The third-order valence-electron chi connectivity index (χ3n) is 0.213. The standard InChI is InChI=1S/C2H2.H4O7P2/c1-2;1-8(2,3)7-9(4,5)6/h1-2H;(H2,1,2,3)(H2,4,5,6). The zero-order valence-corrected chi connectivity index (χ0v) is 6.85. The molecule has 66 valence electrons. The van der Waals surface area contributed by atoms with Crippen molar-refractivity contribution in [3.63, 3.8) is 0 Å². The Morgan fingerprint density at radius 1 is 0.909 bits per heavy atom. The number of rotatable bonds is 2. The molecule has 0 aliphatic rings. The van der Waals surface area contributed by atoms with E-state index in [0.717, 1.165) is 0 Å². The highest BCUT2D eigenvalue weighted by Crippen LogP contribution is 2.53. The van der Waals surface area contributed by atoms with Gasteiger partial charge in [-0.3, -0.25) is 0 Å². The van der Waals surface area contributed by atoms with Gasteiger partial charge in [0.15, 0.2) is 0 Å². The van der Waals surface area contributed by atoms with E-state index >= 15 is 0 Å². The van der Waals surface area contributed by atoms with Crippen molar-refractivity contribution >= 4 is 15.6 Å². The van der Waals surface area contributed by atoms with Crippen molar-refractivity contribution in [1.29, 1.82) is 0 Å². The molecule has 0 rings (SSSR count). The van der Waals surface area contributed by atoms with Gasteiger partial charge in [0.1, 0.15) is 0 Å². The molecule has 0 fully saturated rings. The first-order valence-corrected chi connectivity index (χ1v) is 4.92. The summed E-state index contributed by atoms with van der Waals surface area (Å²) >= 11 is 0. The third-order valence-corrected chi connectivity index (χ3v) is 1.91. The molecule has 9 heteroatoms. The second kappa shape index (κ2) is 4.65. The average Bonchev–Trinajstić information content (AvgIpc) is 1.60. The predicted octanol–water partition coefficient (Wildman–Crippen LogP) is -0.562. The summed E-state index contributed by atoms with van der Waals surface area (Å²) in [4.78, 5) is 31.0. The first-order chi connectivity index (χ1) is 4.71. The summed E-state index contributed by atoms with van der Waals surface area (Å²) in [6.07, 6.45) is 8.00. The lowest BCUT2D eigenvalue weighted by Crippen LogP contribution is -1.84. The van der Waals surface area contributed by atoms with Gasteiger partial charge >= 0.3 is 15.6 Å². The van der Waals surface area contributed by atoms with Crippen molar-refractivity contribution in [1.82, 2.24) is 0 Å². The zero-order chi connectivity index (χ0) is 9.71. The van der Waals surface area contributed by atoms with Gasteiger partial charge in [0.05, 0.1) is 0 Å². The van der Waals surface area contributed by atoms with Gasteiger partial charge in [0, 0.05) is 0 Å². The Hall–Kier alpha value is -0.180. The van der Waals surface area contributed by atoms with Crippen molar-refractivity contribution in [3.8, 4) is 12.8 Å². The molecule has 0 bridgehead atoms. The summed E-state index contributed by atoms with van der Waals surface area (Å²) in [6, 6.07) is 0. The van der Waals surface area contributed by atoms with E-state index in [0.29, 0.717) is 0 Å². The molecule has 0 spiro atoms. The van der Waals surface area contributed by atoms with E-state index in [-0.39, 0.29) is 0 Å². The summed E-state index contributed by atoms with van der Waals surface area (Å²) in [5.74, 6) is 0. The molecule has 0 aliphatic heterocycles. The Morgan fingerprint density at radius 3 is 1.09 bits per heavy atom. The Labute approximate surface area is 62.5 Å². The van der Waals surface area contributed by atoms with Gasteiger partial charge in [-0.05, 0) is 0 Å². The predicted molar refractivity (Wildman–Crippen MR) is 35.1 cm³/mol. The maximum Gasteiger partial charge on any atom is 0.478 e. The van der Waals surface area contributed by atoms with E-state index in [1.807, 2.05) is 0 Å². The minimum Gasteiger partial charge on any atom is -0.302 e. The molecule has 0 aliphatic carbocycles. The zero-order valence-electron chi connectivity index (χ0n) is 5.06. The van der Waals surface area contributed by atoms with Gasteiger partial charge < -0.3 is 19.6 Å². The molecule has 0 heterocycles. The Kier molecular flexibility index (Phi) is 5.67. The normalized spacial score (nSPS) is 11.5. The smallest absolute Gasteiger partial charge is 0.302 e. The van der Waals surface area contributed by atoms with Crippen molar-refractivity contribution in [3.05, 3.63) is 0 Å². The fraction of sp³-hybridized carbons (Fsp3) is 0. The van der Waals surface area contributed by atoms with Crippen LogP contribution in [0, 0.1) is 12.8 Å². The average molecular weight is 204 g/mol. The minimum atomic E-state index is -5.05. The van der Waals surface area contributed by atoms with Crippen molar-refractivity contribution in [2.24, 2.45) is 0 Å². The molecule has 0 amide bonds. The summed E-state index contributed by atoms with van der Waals surface area (Å²) in [5.41, 5.74) is 0. The lowest BCUT2D eigenvalue weighted by atomic mass is 11.4. The van der Waals surface area contributed by atoms with E-state index in [2.05, 4.69) is 17.2 Å². The van der Waals surface area contributed by atoms with Crippen LogP contribution in [0.1, 0.15) is 0 Å². The van der Waals surface area contributed by atoms with Crippen LogP contribution in [-0.4, -0.2) is 19.6 Å². The molecular formula is C2H6O7P2. The molecule has 0 atom stereocenters. The van der Waals surface area contributed by atoms with Crippen LogP contribution >= 0.6 is 15.6 Å². The van der Waals surface area contributed by atoms with Gasteiger partial charge in [0.2, 0.25) is 0 Å². The van der Waals surface area contributed by atoms with E-state index in [4.69, 9.17) is 19.6 Å². The Bertz CT molecular complexity index is 186. The van der Waals surface area contributed by atoms with Gasteiger partial charge in [-0.2, -0.15) is 4.31 Å². The Balaban J connectivity index is 0. The van der Waals surface area contributed by atoms with Crippen LogP contribution in [-0.2, 0) is 13.4 Å². The lowest BCUT2D eigenvalue weighted by molar-refractivity contribution is 0.225. The van der Waals surface area contributed by atoms with Crippen molar-refractivity contribution in [2.75, 3.05) is 0 Å². The molecule has 4 N–H and O–H groups in total. The molecule has 11 heavy (non-hydrogen) atoms. The van der Waals surface area contributed by atoms with Crippen LogP contribution in [0.2, 0.25) is 0 Å². The largest absolute Gasteiger partial charge is 0.478 e. The number of hydrogen-bond donors (Lipinski definition) is 4. The minimum absolute atomic E-state index is 2.96. The van der Waals surface area contributed by atoms with E-state index < -0.39 is 15.6 Å². The molecule has 0 saturated carbocycles. The van der Waals surface area contributed by atoms with Gasteiger partial charge in [-0.25, -0.2) is 9.13 Å². The summed E-state index contributed by atoms with van der Waals surface area (Å²) < 4.78 is 22.2. The molecule has 0 saturated heterocycles. The van der Waals surface area contributed by atoms with Crippen LogP contribution in [0.25, 0.3) is 0 Å². The first kappa shape index (κ1) is 13.4.